The van der Waals surface area contributed by atoms with Crippen LogP contribution in [0.5, 0.6) is 0 Å². The van der Waals surface area contributed by atoms with E-state index in [4.69, 9.17) is 4.74 Å². The summed E-state index contributed by atoms with van der Waals surface area (Å²) in [6, 6.07) is 2.84. The van der Waals surface area contributed by atoms with Crippen molar-refractivity contribution in [3.05, 3.63) is 0 Å². The minimum atomic E-state index is 0.0173. The van der Waals surface area contributed by atoms with Crippen LogP contribution in [-0.4, -0.2) is 12.7 Å². The van der Waals surface area contributed by atoms with Crippen molar-refractivity contribution in [1.82, 2.24) is 0 Å². The Balaban J connectivity index is 1.38. The summed E-state index contributed by atoms with van der Waals surface area (Å²) in [6.07, 6.45) is 21.7. The minimum absolute atomic E-state index is 0.0173. The number of nitrogens with zero attached hydrogens (tertiary/aromatic N) is 1. The van der Waals surface area contributed by atoms with Gasteiger partial charge in [-0.15, -0.1) is 0 Å². The van der Waals surface area contributed by atoms with Crippen LogP contribution >= 0.6 is 0 Å². The van der Waals surface area contributed by atoms with Gasteiger partial charge in [0.1, 0.15) is 0 Å². The summed E-state index contributed by atoms with van der Waals surface area (Å²) in [6.45, 7) is 5.53. The van der Waals surface area contributed by atoms with Gasteiger partial charge >= 0.3 is 0 Å². The van der Waals surface area contributed by atoms with Gasteiger partial charge in [0.15, 0.2) is 0 Å². The fourth-order valence-electron chi connectivity index (χ4n) is 8.47. The van der Waals surface area contributed by atoms with Crippen LogP contribution in [-0.2, 0) is 4.74 Å². The van der Waals surface area contributed by atoms with Crippen molar-refractivity contribution in [2.45, 2.75) is 123 Å². The lowest BCUT2D eigenvalue weighted by Gasteiger charge is -2.57. The first-order chi connectivity index (χ1) is 14.7. The molecule has 0 spiro atoms. The average Bonchev–Trinajstić information content (AvgIpc) is 2.79. The molecule has 0 aromatic heterocycles. The molecule has 0 bridgehead atoms. The predicted octanol–water partition coefficient (Wildman–Crippen LogP) is 7.91. The summed E-state index contributed by atoms with van der Waals surface area (Å²) < 4.78 is 6.43. The van der Waals surface area contributed by atoms with Crippen molar-refractivity contribution >= 4 is 0 Å². The molecule has 0 amide bonds. The number of nitriles is 1. The Bertz CT molecular complexity index is 582. The second-order valence-corrected chi connectivity index (χ2v) is 11.5. The topological polar surface area (TPSA) is 33.0 Å². The Morgan fingerprint density at radius 2 is 1.53 bits per heavy atom. The molecule has 4 aliphatic carbocycles. The van der Waals surface area contributed by atoms with Crippen molar-refractivity contribution in [2.24, 2.45) is 40.9 Å². The standard InChI is InChI=1S/C28H47NO/c1-3-5-7-16-28(20-29)17-15-22-21(19-28)11-12-25-23-9-8-10-27(30-18-6-4-2)26(23)14-13-24(22)25/h21-27H,3-19H2,1-2H3/t21?,22?,23?,24?,25?,26?,27-,28-/m1/s1. The van der Waals surface area contributed by atoms with Crippen LogP contribution < -0.4 is 0 Å². The molecule has 0 aromatic carbocycles. The molecule has 2 heteroatoms. The lowest BCUT2D eigenvalue weighted by molar-refractivity contribution is -0.109. The summed E-state index contributed by atoms with van der Waals surface area (Å²) >= 11 is 0. The number of ether oxygens (including phenoxy) is 1. The maximum absolute atomic E-state index is 10.1. The maximum atomic E-state index is 10.1. The van der Waals surface area contributed by atoms with E-state index in [2.05, 4.69) is 19.9 Å². The molecule has 8 atom stereocenters. The highest BCUT2D eigenvalue weighted by Crippen LogP contribution is 2.60. The Morgan fingerprint density at radius 1 is 0.800 bits per heavy atom. The zero-order valence-corrected chi connectivity index (χ0v) is 19.9. The Labute approximate surface area is 186 Å². The van der Waals surface area contributed by atoms with Gasteiger partial charge in [-0.3, -0.25) is 0 Å². The number of rotatable bonds is 8. The van der Waals surface area contributed by atoms with E-state index >= 15 is 0 Å². The predicted molar refractivity (Wildman–Crippen MR) is 124 cm³/mol. The normalized spacial score (nSPS) is 43.2. The third-order valence-corrected chi connectivity index (χ3v) is 9.95. The molecule has 4 saturated carbocycles. The molecule has 0 aliphatic heterocycles. The van der Waals surface area contributed by atoms with Crippen LogP contribution in [0.2, 0.25) is 0 Å². The summed E-state index contributed by atoms with van der Waals surface area (Å²) in [7, 11) is 0. The molecule has 4 fully saturated rings. The van der Waals surface area contributed by atoms with E-state index in [0.717, 1.165) is 48.5 Å². The van der Waals surface area contributed by atoms with E-state index in [1.165, 1.54) is 96.3 Å². The summed E-state index contributed by atoms with van der Waals surface area (Å²) in [5.74, 6) is 5.50. The largest absolute Gasteiger partial charge is 0.378 e. The van der Waals surface area contributed by atoms with Gasteiger partial charge < -0.3 is 4.74 Å². The third-order valence-electron chi connectivity index (χ3n) is 9.95. The highest BCUT2D eigenvalue weighted by Gasteiger charge is 2.52. The van der Waals surface area contributed by atoms with E-state index < -0.39 is 0 Å². The second-order valence-electron chi connectivity index (χ2n) is 11.5. The van der Waals surface area contributed by atoms with Gasteiger partial charge in [0, 0.05) is 6.61 Å². The van der Waals surface area contributed by atoms with Crippen molar-refractivity contribution in [3.63, 3.8) is 0 Å². The highest BCUT2D eigenvalue weighted by molar-refractivity contribution is 5.07. The molecule has 0 heterocycles. The number of fused-ring (bicyclic) bond motifs is 5. The molecule has 0 aromatic rings. The summed E-state index contributed by atoms with van der Waals surface area (Å²) in [4.78, 5) is 0. The molecule has 0 saturated heterocycles. The molecule has 0 N–H and O–H groups in total. The highest BCUT2D eigenvalue weighted by atomic mass is 16.5. The summed E-state index contributed by atoms with van der Waals surface area (Å²) in [5, 5.41) is 10.1. The fourth-order valence-corrected chi connectivity index (χ4v) is 8.47. The van der Waals surface area contributed by atoms with E-state index in [0.29, 0.717) is 6.10 Å². The van der Waals surface area contributed by atoms with Gasteiger partial charge in [0.05, 0.1) is 17.6 Å². The molecule has 170 valence electrons. The average molecular weight is 414 g/mol. The molecular formula is C28H47NO. The van der Waals surface area contributed by atoms with Crippen LogP contribution in [0.4, 0.5) is 0 Å². The Hall–Kier alpha value is -0.550. The number of hydrogen-bond acceptors (Lipinski definition) is 2. The van der Waals surface area contributed by atoms with Crippen LogP contribution in [0.1, 0.15) is 117 Å². The van der Waals surface area contributed by atoms with Crippen LogP contribution in [0, 0.1) is 52.3 Å². The Kier molecular flexibility index (Phi) is 7.83. The van der Waals surface area contributed by atoms with Gasteiger partial charge in [-0.2, -0.15) is 5.26 Å². The monoisotopic (exact) mass is 413 g/mol. The fraction of sp³-hybridized carbons (Fsp3) is 0.964. The third kappa shape index (κ3) is 4.62. The first-order valence-electron chi connectivity index (χ1n) is 13.7. The maximum Gasteiger partial charge on any atom is 0.0689 e. The summed E-state index contributed by atoms with van der Waals surface area (Å²) in [5.41, 5.74) is 0.0173. The van der Waals surface area contributed by atoms with Gasteiger partial charge in [-0.25, -0.2) is 0 Å². The zero-order chi connectivity index (χ0) is 21.0. The van der Waals surface area contributed by atoms with E-state index in [1.54, 1.807) is 0 Å². The number of unbranched alkanes of at least 4 members (excludes halogenated alkanes) is 3. The number of hydrogen-bond donors (Lipinski definition) is 0. The van der Waals surface area contributed by atoms with Crippen LogP contribution in [0.15, 0.2) is 0 Å². The first-order valence-corrected chi connectivity index (χ1v) is 13.7. The van der Waals surface area contributed by atoms with Crippen LogP contribution in [0.3, 0.4) is 0 Å². The van der Waals surface area contributed by atoms with Crippen molar-refractivity contribution in [2.75, 3.05) is 6.61 Å². The van der Waals surface area contributed by atoms with E-state index in [-0.39, 0.29) is 5.41 Å². The molecule has 2 nitrogen and oxygen atoms in total. The van der Waals surface area contributed by atoms with Gasteiger partial charge in [0.2, 0.25) is 0 Å². The van der Waals surface area contributed by atoms with Gasteiger partial charge in [-0.1, -0.05) is 46.0 Å². The van der Waals surface area contributed by atoms with Crippen LogP contribution in [0.25, 0.3) is 0 Å². The lowest BCUT2D eigenvalue weighted by atomic mass is 9.49. The zero-order valence-electron chi connectivity index (χ0n) is 19.9. The van der Waals surface area contributed by atoms with Gasteiger partial charge in [0.25, 0.3) is 0 Å². The molecule has 4 aliphatic rings. The first kappa shape index (κ1) is 22.6. The SMILES string of the molecule is CCCCC[C@@]1(C#N)CCC2C(CCC3C2CCC2C3CCC[C@H]2OCCCC)C1. The quantitative estimate of drug-likeness (QED) is 0.379. The van der Waals surface area contributed by atoms with Crippen molar-refractivity contribution in [1.29, 1.82) is 5.26 Å². The molecule has 6 unspecified atom stereocenters. The smallest absolute Gasteiger partial charge is 0.0689 e. The van der Waals surface area contributed by atoms with Gasteiger partial charge in [-0.05, 0) is 106 Å². The second kappa shape index (κ2) is 10.4. The van der Waals surface area contributed by atoms with Crippen molar-refractivity contribution < 1.29 is 4.74 Å². The Morgan fingerprint density at radius 3 is 2.33 bits per heavy atom. The molecular weight excluding hydrogens is 366 g/mol. The van der Waals surface area contributed by atoms with E-state index in [9.17, 15) is 5.26 Å². The molecule has 4 rings (SSSR count). The van der Waals surface area contributed by atoms with E-state index in [1.807, 2.05) is 0 Å². The van der Waals surface area contributed by atoms with Crippen molar-refractivity contribution in [3.8, 4) is 6.07 Å². The molecule has 30 heavy (non-hydrogen) atoms. The lowest BCUT2D eigenvalue weighted by Crippen LogP contribution is -2.50. The minimum Gasteiger partial charge on any atom is -0.378 e. The molecule has 0 radical (unpaired) electrons.